The minimum Gasteiger partial charge on any atom is -0.309 e. The van der Waals surface area contributed by atoms with Gasteiger partial charge in [0, 0.05) is 50.0 Å². The second kappa shape index (κ2) is 11.8. The Morgan fingerprint density at radius 2 is 0.846 bits per heavy atom. The van der Waals surface area contributed by atoms with Crippen LogP contribution in [-0.4, -0.2) is 24.1 Å². The molecule has 0 radical (unpaired) electrons. The van der Waals surface area contributed by atoms with E-state index in [0.717, 1.165) is 72.1 Å². The minimum absolute atomic E-state index is 0.175. The molecule has 0 fully saturated rings. The highest BCUT2D eigenvalue weighted by Gasteiger charge is 2.22. The summed E-state index contributed by atoms with van der Waals surface area (Å²) in [5.74, 6) is 0.819. The largest absolute Gasteiger partial charge is 0.309 e. The number of hydrogen-bond acceptors (Lipinski definition) is 3. The van der Waals surface area contributed by atoms with E-state index >= 15 is 4.39 Å². The van der Waals surface area contributed by atoms with Gasteiger partial charge >= 0.3 is 0 Å². The van der Waals surface area contributed by atoms with Crippen LogP contribution in [-0.2, 0) is 0 Å². The van der Waals surface area contributed by atoms with E-state index in [1.54, 1.807) is 0 Å². The lowest BCUT2D eigenvalue weighted by Crippen LogP contribution is -2.00. The van der Waals surface area contributed by atoms with E-state index < -0.39 is 11.6 Å². The Balaban J connectivity index is 1.17. The highest BCUT2D eigenvalue weighted by molar-refractivity contribution is 6.28. The van der Waals surface area contributed by atoms with Crippen molar-refractivity contribution in [3.8, 4) is 45.5 Å². The van der Waals surface area contributed by atoms with Crippen LogP contribution in [0.2, 0.25) is 0 Å². The fourth-order valence-electron chi connectivity index (χ4n) is 7.41. The van der Waals surface area contributed by atoms with Crippen LogP contribution in [0.1, 0.15) is 0 Å². The van der Waals surface area contributed by atoms with Crippen molar-refractivity contribution in [2.75, 3.05) is 0 Å². The molecule has 0 spiro atoms. The number of para-hydroxylation sites is 2. The third kappa shape index (κ3) is 4.71. The molecule has 0 bridgehead atoms. The first kappa shape index (κ1) is 29.9. The molecule has 5 nitrogen and oxygen atoms in total. The van der Waals surface area contributed by atoms with Gasteiger partial charge in [-0.25, -0.2) is 23.7 Å². The fourth-order valence-corrected chi connectivity index (χ4v) is 7.41. The minimum atomic E-state index is -0.492. The van der Waals surface area contributed by atoms with Crippen molar-refractivity contribution >= 4 is 43.6 Å². The van der Waals surface area contributed by atoms with E-state index in [-0.39, 0.29) is 5.69 Å². The van der Waals surface area contributed by atoms with Gasteiger partial charge in [-0.2, -0.15) is 0 Å². The molecule has 0 N–H and O–H groups in total. The lowest BCUT2D eigenvalue weighted by Gasteiger charge is -2.11. The molecule has 3 aromatic heterocycles. The molecular formula is C45H27F2N5. The predicted octanol–water partition coefficient (Wildman–Crippen LogP) is 11.3. The highest BCUT2D eigenvalue weighted by Crippen LogP contribution is 2.42. The molecule has 0 aliphatic carbocycles. The van der Waals surface area contributed by atoms with Crippen LogP contribution < -0.4 is 0 Å². The first-order valence-corrected chi connectivity index (χ1v) is 17.0. The van der Waals surface area contributed by atoms with Gasteiger partial charge in [0.15, 0.2) is 17.5 Å². The topological polar surface area (TPSA) is 48.5 Å². The quantitative estimate of drug-likeness (QED) is 0.182. The molecule has 0 atom stereocenters. The van der Waals surface area contributed by atoms with E-state index in [2.05, 4.69) is 34.9 Å². The average Bonchev–Trinajstić information content (AvgIpc) is 3.72. The van der Waals surface area contributed by atoms with Gasteiger partial charge in [0.1, 0.15) is 11.6 Å². The van der Waals surface area contributed by atoms with E-state index in [4.69, 9.17) is 15.0 Å². The van der Waals surface area contributed by atoms with Crippen molar-refractivity contribution in [2.24, 2.45) is 0 Å². The summed E-state index contributed by atoms with van der Waals surface area (Å²) in [6, 6.07) is 52.0. The molecule has 7 aromatic carbocycles. The van der Waals surface area contributed by atoms with Crippen LogP contribution in [0.25, 0.3) is 89.2 Å². The Hall–Kier alpha value is -6.99. The number of aromatic nitrogens is 5. The van der Waals surface area contributed by atoms with E-state index in [1.807, 2.05) is 120 Å². The standard InChI is InChI=1S/C45H27F2N5/c46-31-21-24-35(47)40(27-31)52-37-18-10-8-16-34(37)42-39(52)26-25-38-41(42)33-15-7-9-17-36(33)51(38)32-22-19-30(20-23-32)45-49-43(28-11-3-1-4-12-28)48-44(50-45)29-13-5-2-6-14-29/h1-27H. The average molecular weight is 676 g/mol. The third-order valence-electron chi connectivity index (χ3n) is 9.70. The maximum absolute atomic E-state index is 15.3. The molecule has 246 valence electrons. The molecule has 0 aliphatic rings. The zero-order valence-corrected chi connectivity index (χ0v) is 27.6. The van der Waals surface area contributed by atoms with Crippen LogP contribution >= 0.6 is 0 Å². The Morgan fingerprint density at radius 3 is 1.40 bits per heavy atom. The first-order chi connectivity index (χ1) is 25.6. The lowest BCUT2D eigenvalue weighted by molar-refractivity contribution is 0.595. The van der Waals surface area contributed by atoms with Gasteiger partial charge in [-0.05, 0) is 60.7 Å². The van der Waals surface area contributed by atoms with Gasteiger partial charge < -0.3 is 9.13 Å². The number of nitrogens with zero attached hydrogens (tertiary/aromatic N) is 5. The first-order valence-electron chi connectivity index (χ1n) is 17.0. The van der Waals surface area contributed by atoms with Crippen molar-refractivity contribution in [1.29, 1.82) is 0 Å². The van der Waals surface area contributed by atoms with E-state index in [9.17, 15) is 4.39 Å². The molecule has 0 saturated carbocycles. The van der Waals surface area contributed by atoms with Crippen molar-refractivity contribution < 1.29 is 8.78 Å². The summed E-state index contributed by atoms with van der Waals surface area (Å²) < 4.78 is 34.0. The number of hydrogen-bond donors (Lipinski definition) is 0. The summed E-state index contributed by atoms with van der Waals surface area (Å²) in [5, 5.41) is 4.05. The van der Waals surface area contributed by atoms with Gasteiger partial charge in [0.25, 0.3) is 0 Å². The third-order valence-corrected chi connectivity index (χ3v) is 9.70. The summed E-state index contributed by atoms with van der Waals surface area (Å²) in [7, 11) is 0. The van der Waals surface area contributed by atoms with E-state index in [0.29, 0.717) is 17.5 Å². The van der Waals surface area contributed by atoms with Gasteiger partial charge in [-0.15, -0.1) is 0 Å². The second-order valence-electron chi connectivity index (χ2n) is 12.7. The van der Waals surface area contributed by atoms with Crippen molar-refractivity contribution in [1.82, 2.24) is 24.1 Å². The van der Waals surface area contributed by atoms with Crippen LogP contribution in [0.15, 0.2) is 164 Å². The van der Waals surface area contributed by atoms with Crippen molar-refractivity contribution in [2.45, 2.75) is 0 Å². The number of fused-ring (bicyclic) bond motifs is 7. The smallest absolute Gasteiger partial charge is 0.164 e. The highest BCUT2D eigenvalue weighted by atomic mass is 19.1. The Labute approximate surface area is 296 Å². The van der Waals surface area contributed by atoms with Crippen LogP contribution in [0, 0.1) is 11.6 Å². The number of rotatable bonds is 5. The molecule has 7 heteroatoms. The summed E-state index contributed by atoms with van der Waals surface area (Å²) in [6.07, 6.45) is 0. The molecular weight excluding hydrogens is 649 g/mol. The molecule has 0 unspecified atom stereocenters. The zero-order chi connectivity index (χ0) is 34.8. The molecule has 0 amide bonds. The molecule has 0 saturated heterocycles. The summed E-state index contributed by atoms with van der Waals surface area (Å²) in [4.78, 5) is 14.7. The summed E-state index contributed by atoms with van der Waals surface area (Å²) in [6.45, 7) is 0. The normalized spacial score (nSPS) is 11.7. The lowest BCUT2D eigenvalue weighted by atomic mass is 10.1. The Morgan fingerprint density at radius 1 is 0.385 bits per heavy atom. The SMILES string of the molecule is Fc1ccc(F)c(-n2c3ccccc3c3c4c5ccccc5n(-c5ccc(-c6nc(-c7ccccc7)nc(-c7ccccc7)n6)cc5)c4ccc32)c1. The molecule has 10 rings (SSSR count). The Bertz CT molecular complexity index is 2910. The summed E-state index contributed by atoms with van der Waals surface area (Å²) >= 11 is 0. The van der Waals surface area contributed by atoms with Crippen LogP contribution in [0.5, 0.6) is 0 Å². The van der Waals surface area contributed by atoms with Crippen LogP contribution in [0.4, 0.5) is 8.78 Å². The van der Waals surface area contributed by atoms with Crippen molar-refractivity contribution in [3.63, 3.8) is 0 Å². The monoisotopic (exact) mass is 675 g/mol. The van der Waals surface area contributed by atoms with Gasteiger partial charge in [-0.3, -0.25) is 0 Å². The number of benzene rings is 7. The van der Waals surface area contributed by atoms with Crippen molar-refractivity contribution in [3.05, 3.63) is 175 Å². The van der Waals surface area contributed by atoms with Gasteiger partial charge in [0.2, 0.25) is 0 Å². The maximum Gasteiger partial charge on any atom is 0.164 e. The van der Waals surface area contributed by atoms with Gasteiger partial charge in [-0.1, -0.05) is 97.1 Å². The second-order valence-corrected chi connectivity index (χ2v) is 12.7. The summed E-state index contributed by atoms with van der Waals surface area (Å²) in [5.41, 5.74) is 7.47. The molecule has 52 heavy (non-hydrogen) atoms. The van der Waals surface area contributed by atoms with Crippen LogP contribution in [0.3, 0.4) is 0 Å². The molecule has 3 heterocycles. The Kier molecular flexibility index (Phi) is 6.79. The van der Waals surface area contributed by atoms with Gasteiger partial charge in [0.05, 0.1) is 27.8 Å². The molecule has 0 aliphatic heterocycles. The van der Waals surface area contributed by atoms with E-state index in [1.165, 1.54) is 12.1 Å². The predicted molar refractivity (Wildman–Crippen MR) is 205 cm³/mol. The number of halogens is 2. The molecule has 10 aromatic rings. The zero-order valence-electron chi connectivity index (χ0n) is 27.6. The fraction of sp³-hybridized carbons (Fsp3) is 0. The maximum atomic E-state index is 15.3.